The van der Waals surface area contributed by atoms with Gasteiger partial charge in [0.2, 0.25) is 0 Å². The molecule has 0 aliphatic carbocycles. The van der Waals surface area contributed by atoms with Gasteiger partial charge in [-0.1, -0.05) is 60.2 Å². The van der Waals surface area contributed by atoms with Gasteiger partial charge in [-0.15, -0.1) is 0 Å². The van der Waals surface area contributed by atoms with Gasteiger partial charge in [0, 0.05) is 28.5 Å². The number of rotatable bonds is 10. The summed E-state index contributed by atoms with van der Waals surface area (Å²) in [6, 6.07) is 15.5. The third-order valence-electron chi connectivity index (χ3n) is 5.38. The number of unbranched alkanes of at least 4 members (excludes halogenated alkanes) is 2. The van der Waals surface area contributed by atoms with Crippen LogP contribution in [0.1, 0.15) is 55.6 Å². The van der Waals surface area contributed by atoms with Crippen LogP contribution in [-0.2, 0) is 14.3 Å². The summed E-state index contributed by atoms with van der Waals surface area (Å²) in [5.41, 5.74) is 1.81. The number of hydrogen-bond donors (Lipinski definition) is 1. The standard InChI is InChI=1S/C25H29ClO5/c1-29-22-15-10-8-13-20(22)24-18(11-5-3-2-4-6-16-23(27)28)17-30-25(31-24)19-12-7-9-14-21(19)26/h3,5,7-10,12-15,18,24-25H,2,4,6,11,16-17H2,1H3,(H,27,28)/t18-,24+,25+/m1/s1. The maximum Gasteiger partial charge on any atom is 0.303 e. The maximum absolute atomic E-state index is 10.6. The van der Waals surface area contributed by atoms with E-state index in [1.165, 1.54) is 0 Å². The third kappa shape index (κ3) is 6.57. The maximum atomic E-state index is 10.6. The molecule has 1 fully saturated rings. The topological polar surface area (TPSA) is 65.0 Å². The number of ether oxygens (including phenoxy) is 3. The van der Waals surface area contributed by atoms with Crippen LogP contribution in [-0.4, -0.2) is 24.8 Å². The van der Waals surface area contributed by atoms with Crippen molar-refractivity contribution in [3.05, 3.63) is 76.8 Å². The second-order valence-electron chi connectivity index (χ2n) is 7.59. The van der Waals surface area contributed by atoms with Crippen molar-refractivity contribution in [2.45, 2.75) is 44.5 Å². The lowest BCUT2D eigenvalue weighted by Gasteiger charge is -2.37. The highest BCUT2D eigenvalue weighted by molar-refractivity contribution is 6.31. The number of halogens is 1. The summed E-state index contributed by atoms with van der Waals surface area (Å²) in [6.07, 6.45) is 6.93. The summed E-state index contributed by atoms with van der Waals surface area (Å²) in [6.45, 7) is 0.530. The third-order valence-corrected chi connectivity index (χ3v) is 5.73. The van der Waals surface area contributed by atoms with Gasteiger partial charge in [0.25, 0.3) is 0 Å². The summed E-state index contributed by atoms with van der Waals surface area (Å²) in [5, 5.41) is 9.34. The molecule has 5 nitrogen and oxygen atoms in total. The van der Waals surface area contributed by atoms with Crippen molar-refractivity contribution in [1.29, 1.82) is 0 Å². The molecular weight excluding hydrogens is 416 g/mol. The van der Waals surface area contributed by atoms with Crippen molar-refractivity contribution in [1.82, 2.24) is 0 Å². The van der Waals surface area contributed by atoms with Crippen LogP contribution in [0.4, 0.5) is 0 Å². The molecule has 1 N–H and O–H groups in total. The number of allylic oxidation sites excluding steroid dienone is 2. The Bertz CT molecular complexity index is 882. The van der Waals surface area contributed by atoms with Crippen molar-refractivity contribution in [3.63, 3.8) is 0 Å². The van der Waals surface area contributed by atoms with E-state index in [1.54, 1.807) is 7.11 Å². The van der Waals surface area contributed by atoms with Gasteiger partial charge in [-0.25, -0.2) is 0 Å². The van der Waals surface area contributed by atoms with E-state index >= 15 is 0 Å². The van der Waals surface area contributed by atoms with Gasteiger partial charge < -0.3 is 19.3 Å². The molecule has 2 aromatic carbocycles. The van der Waals surface area contributed by atoms with Gasteiger partial charge in [0.1, 0.15) is 5.75 Å². The molecule has 1 aliphatic heterocycles. The summed E-state index contributed by atoms with van der Waals surface area (Å²) in [4.78, 5) is 10.6. The molecule has 0 radical (unpaired) electrons. The van der Waals surface area contributed by atoms with Crippen LogP contribution < -0.4 is 4.74 Å². The minimum atomic E-state index is -0.742. The van der Waals surface area contributed by atoms with E-state index in [4.69, 9.17) is 30.9 Å². The average molecular weight is 445 g/mol. The molecule has 1 heterocycles. The molecule has 1 aliphatic rings. The lowest BCUT2D eigenvalue weighted by molar-refractivity contribution is -0.244. The zero-order valence-electron chi connectivity index (χ0n) is 17.7. The van der Waals surface area contributed by atoms with Crippen molar-refractivity contribution in [3.8, 4) is 5.75 Å². The molecule has 2 aromatic rings. The van der Waals surface area contributed by atoms with Gasteiger partial charge in [0.15, 0.2) is 6.29 Å². The summed E-state index contributed by atoms with van der Waals surface area (Å²) < 4.78 is 18.1. The molecule has 0 aromatic heterocycles. The molecule has 3 rings (SSSR count). The van der Waals surface area contributed by atoms with Crippen LogP contribution in [0.5, 0.6) is 5.75 Å². The molecule has 1 saturated heterocycles. The number of benzene rings is 2. The van der Waals surface area contributed by atoms with Gasteiger partial charge in [-0.3, -0.25) is 4.79 Å². The van der Waals surface area contributed by atoms with Crippen LogP contribution in [0.25, 0.3) is 0 Å². The van der Waals surface area contributed by atoms with Crippen molar-refractivity contribution in [2.24, 2.45) is 5.92 Å². The number of carboxylic acids is 1. The highest BCUT2D eigenvalue weighted by Gasteiger charge is 2.35. The fourth-order valence-corrected chi connectivity index (χ4v) is 3.98. The lowest BCUT2D eigenvalue weighted by Crippen LogP contribution is -2.30. The largest absolute Gasteiger partial charge is 0.496 e. The number of para-hydroxylation sites is 1. The van der Waals surface area contributed by atoms with Crippen LogP contribution in [0, 0.1) is 5.92 Å². The first-order valence-corrected chi connectivity index (χ1v) is 11.0. The molecule has 0 saturated carbocycles. The molecule has 6 heteroatoms. The Labute approximate surface area is 188 Å². The highest BCUT2D eigenvalue weighted by atomic mass is 35.5. The van der Waals surface area contributed by atoms with Crippen molar-refractivity contribution < 1.29 is 24.1 Å². The van der Waals surface area contributed by atoms with E-state index in [-0.39, 0.29) is 18.4 Å². The quantitative estimate of drug-likeness (QED) is 0.342. The number of aliphatic carboxylic acids is 1. The fraction of sp³-hybridized carbons (Fsp3) is 0.400. The molecule has 0 unspecified atom stereocenters. The van der Waals surface area contributed by atoms with Crippen LogP contribution in [0.2, 0.25) is 5.02 Å². The monoisotopic (exact) mass is 444 g/mol. The predicted molar refractivity (Wildman–Crippen MR) is 120 cm³/mol. The van der Waals surface area contributed by atoms with Gasteiger partial charge in [0.05, 0.1) is 19.8 Å². The Morgan fingerprint density at radius 1 is 1.13 bits per heavy atom. The van der Waals surface area contributed by atoms with Crippen LogP contribution >= 0.6 is 11.6 Å². The van der Waals surface area contributed by atoms with Crippen LogP contribution in [0.3, 0.4) is 0 Å². The summed E-state index contributed by atoms with van der Waals surface area (Å²) in [5.74, 6) is 0.161. The Morgan fingerprint density at radius 2 is 1.87 bits per heavy atom. The first kappa shape index (κ1) is 23.3. The molecule has 0 amide bonds. The van der Waals surface area contributed by atoms with E-state index in [2.05, 4.69) is 12.2 Å². The summed E-state index contributed by atoms with van der Waals surface area (Å²) >= 11 is 6.38. The highest BCUT2D eigenvalue weighted by Crippen LogP contribution is 2.43. The molecule has 0 spiro atoms. The van der Waals surface area contributed by atoms with Crippen molar-refractivity contribution in [2.75, 3.05) is 13.7 Å². The lowest BCUT2D eigenvalue weighted by atomic mass is 9.91. The molecular formula is C25H29ClO5. The molecule has 0 bridgehead atoms. The Kier molecular flexibility index (Phi) is 8.95. The SMILES string of the molecule is COc1ccccc1[C@H]1O[C@@H](c2ccccc2Cl)OC[C@H]1CC=CCCCCC(=O)O. The van der Waals surface area contributed by atoms with E-state index in [0.29, 0.717) is 18.1 Å². The molecule has 31 heavy (non-hydrogen) atoms. The van der Waals surface area contributed by atoms with E-state index in [9.17, 15) is 4.79 Å². The second-order valence-corrected chi connectivity index (χ2v) is 8.00. The molecule has 166 valence electrons. The van der Waals surface area contributed by atoms with Crippen LogP contribution in [0.15, 0.2) is 60.7 Å². The van der Waals surface area contributed by atoms with Crippen molar-refractivity contribution >= 4 is 17.6 Å². The molecule has 3 atom stereocenters. The first-order valence-electron chi connectivity index (χ1n) is 10.6. The normalized spacial score (nSPS) is 21.3. The summed E-state index contributed by atoms with van der Waals surface area (Å²) in [7, 11) is 1.66. The van der Waals surface area contributed by atoms with E-state index in [0.717, 1.165) is 36.1 Å². The zero-order valence-corrected chi connectivity index (χ0v) is 18.5. The zero-order chi connectivity index (χ0) is 22.1. The Hall–Kier alpha value is -2.34. The van der Waals surface area contributed by atoms with E-state index in [1.807, 2.05) is 48.5 Å². The minimum absolute atomic E-state index is 0.116. The number of carbonyl (C=O) groups is 1. The number of hydrogen-bond acceptors (Lipinski definition) is 4. The van der Waals surface area contributed by atoms with Gasteiger partial charge in [-0.2, -0.15) is 0 Å². The van der Waals surface area contributed by atoms with Gasteiger partial charge >= 0.3 is 5.97 Å². The first-order chi connectivity index (χ1) is 15.1. The average Bonchev–Trinajstić information content (AvgIpc) is 2.78. The number of methoxy groups -OCH3 is 1. The predicted octanol–water partition coefficient (Wildman–Crippen LogP) is 6.34. The number of carboxylic acid groups (broad SMARTS) is 1. The Morgan fingerprint density at radius 3 is 2.61 bits per heavy atom. The Balaban J connectivity index is 1.71. The minimum Gasteiger partial charge on any atom is -0.496 e. The smallest absolute Gasteiger partial charge is 0.303 e. The second kappa shape index (κ2) is 11.9. The van der Waals surface area contributed by atoms with Gasteiger partial charge in [-0.05, 0) is 37.8 Å². The fourth-order valence-electron chi connectivity index (χ4n) is 3.76. The van der Waals surface area contributed by atoms with E-state index < -0.39 is 12.3 Å².